The lowest BCUT2D eigenvalue weighted by atomic mass is 9.83. The summed E-state index contributed by atoms with van der Waals surface area (Å²) in [6.45, 7) is 2.08. The van der Waals surface area contributed by atoms with Crippen molar-refractivity contribution < 1.29 is 0 Å². The minimum Gasteiger partial charge on any atom is -0.390 e. The predicted octanol–water partition coefficient (Wildman–Crippen LogP) is 6.38. The van der Waals surface area contributed by atoms with E-state index in [0.717, 1.165) is 77.9 Å². The van der Waals surface area contributed by atoms with Crippen molar-refractivity contribution in [2.45, 2.75) is 13.3 Å². The summed E-state index contributed by atoms with van der Waals surface area (Å²) in [6.07, 6.45) is 29.3. The number of aromatic nitrogens is 10. The molecule has 0 aliphatic heterocycles. The SMILES string of the molecule is CC/C(=C\N=CN)c1cc(-c2cc(-c3cncnc3)c(-c3cncnc3)c(-c3cncnc3)c2)cc(-c2cncnc2)c1-c1cncnc1. The third-order valence-corrected chi connectivity index (χ3v) is 7.97. The van der Waals surface area contributed by atoms with Gasteiger partial charge in [0.05, 0.1) is 6.34 Å². The maximum Gasteiger partial charge on any atom is 0.115 e. The first-order valence-corrected chi connectivity index (χ1v) is 15.3. The van der Waals surface area contributed by atoms with E-state index in [0.29, 0.717) is 6.42 Å². The number of nitrogens with two attached hydrogens (primary N) is 1. The van der Waals surface area contributed by atoms with E-state index in [1.54, 1.807) is 68.2 Å². The summed E-state index contributed by atoms with van der Waals surface area (Å²) in [5.41, 5.74) is 18.1. The van der Waals surface area contributed by atoms with Crippen LogP contribution in [0.1, 0.15) is 18.9 Å². The molecule has 12 heteroatoms. The fourth-order valence-corrected chi connectivity index (χ4v) is 5.83. The van der Waals surface area contributed by atoms with Gasteiger partial charge in [0.15, 0.2) is 0 Å². The van der Waals surface area contributed by atoms with E-state index < -0.39 is 0 Å². The lowest BCUT2D eigenvalue weighted by Gasteiger charge is -2.21. The van der Waals surface area contributed by atoms with E-state index >= 15 is 0 Å². The quantitative estimate of drug-likeness (QED) is 0.137. The van der Waals surface area contributed by atoms with Crippen LogP contribution in [0.3, 0.4) is 0 Å². The van der Waals surface area contributed by atoms with Crippen LogP contribution in [0.25, 0.3) is 72.3 Å². The Kier molecular flexibility index (Phi) is 8.91. The number of hydrogen-bond acceptors (Lipinski definition) is 11. The van der Waals surface area contributed by atoms with Gasteiger partial charge in [0, 0.05) is 107 Å². The highest BCUT2D eigenvalue weighted by atomic mass is 14.8. The summed E-state index contributed by atoms with van der Waals surface area (Å²) in [7, 11) is 0. The van der Waals surface area contributed by atoms with Crippen LogP contribution in [-0.4, -0.2) is 56.2 Å². The minimum atomic E-state index is 0.679. The Bertz CT molecular complexity index is 2190. The summed E-state index contributed by atoms with van der Waals surface area (Å²) in [4.78, 5) is 47.8. The Morgan fingerprint density at radius 2 is 0.837 bits per heavy atom. The Balaban J connectivity index is 1.60. The van der Waals surface area contributed by atoms with Crippen molar-refractivity contribution in [1.29, 1.82) is 0 Å². The minimum absolute atomic E-state index is 0.679. The Morgan fingerprint density at radius 1 is 0.490 bits per heavy atom. The average molecular weight is 641 g/mol. The number of rotatable bonds is 9. The molecule has 7 rings (SSSR count). The molecule has 0 amide bonds. The van der Waals surface area contributed by atoms with Gasteiger partial charge in [-0.3, -0.25) is 0 Å². The van der Waals surface area contributed by atoms with Crippen LogP contribution in [0, 0.1) is 0 Å². The van der Waals surface area contributed by atoms with Gasteiger partial charge in [-0.25, -0.2) is 54.8 Å². The molecule has 0 aliphatic carbocycles. The molecular weight excluding hydrogens is 612 g/mol. The fourth-order valence-electron chi connectivity index (χ4n) is 5.83. The molecule has 0 unspecified atom stereocenters. The lowest BCUT2D eigenvalue weighted by Crippen LogP contribution is -1.99. The highest BCUT2D eigenvalue weighted by Gasteiger charge is 2.22. The number of benzene rings is 2. The second kappa shape index (κ2) is 14.2. The maximum atomic E-state index is 5.70. The van der Waals surface area contributed by atoms with E-state index in [1.807, 2.05) is 0 Å². The standard InChI is InChI=1S/C37H28N12/c1-2-24(7-39-18-38)32-3-25(4-33(27-8-40-19-41-9-27)36(32)30-14-46-22-47-15-30)26-5-34(28-10-42-20-43-11-28)37(31-16-48-23-49-17-31)35(6-26)29-12-44-21-45-13-29/h3-23H,2H2,1H3,(H2,38,39)/b24-7+. The molecule has 7 aromatic rings. The van der Waals surface area contributed by atoms with Gasteiger partial charge in [0.2, 0.25) is 0 Å². The van der Waals surface area contributed by atoms with Crippen LogP contribution < -0.4 is 5.73 Å². The number of aliphatic imine (C=N–C) groups is 1. The first kappa shape index (κ1) is 30.7. The fraction of sp³-hybridized carbons (Fsp3) is 0.0541. The van der Waals surface area contributed by atoms with Crippen LogP contribution in [0.2, 0.25) is 0 Å². The highest BCUT2D eigenvalue weighted by molar-refractivity contribution is 5.99. The van der Waals surface area contributed by atoms with E-state index in [-0.39, 0.29) is 0 Å². The summed E-state index contributed by atoms with van der Waals surface area (Å²) in [6, 6.07) is 8.57. The molecule has 0 atom stereocenters. The summed E-state index contributed by atoms with van der Waals surface area (Å²) in [5, 5.41) is 0. The van der Waals surface area contributed by atoms with Crippen LogP contribution >= 0.6 is 0 Å². The normalized spacial score (nSPS) is 11.6. The summed E-state index contributed by atoms with van der Waals surface area (Å²) in [5.74, 6) is 0. The van der Waals surface area contributed by atoms with Gasteiger partial charge >= 0.3 is 0 Å². The molecule has 0 saturated heterocycles. The topological polar surface area (TPSA) is 167 Å². The largest absolute Gasteiger partial charge is 0.390 e. The van der Waals surface area contributed by atoms with E-state index in [2.05, 4.69) is 86.0 Å². The average Bonchev–Trinajstić information content (AvgIpc) is 3.19. The molecule has 2 aromatic carbocycles. The van der Waals surface area contributed by atoms with Crippen molar-refractivity contribution in [3.8, 4) is 66.8 Å². The first-order chi connectivity index (χ1) is 24.2. The van der Waals surface area contributed by atoms with E-state index in [4.69, 9.17) is 5.73 Å². The zero-order chi connectivity index (χ0) is 33.4. The zero-order valence-electron chi connectivity index (χ0n) is 26.3. The molecule has 0 aliphatic rings. The van der Waals surface area contributed by atoms with Crippen LogP contribution in [0.4, 0.5) is 0 Å². The zero-order valence-corrected chi connectivity index (χ0v) is 26.3. The molecule has 236 valence electrons. The summed E-state index contributed by atoms with van der Waals surface area (Å²) >= 11 is 0. The Morgan fingerprint density at radius 3 is 1.22 bits per heavy atom. The van der Waals surface area contributed by atoms with Gasteiger partial charge < -0.3 is 5.73 Å². The number of allylic oxidation sites excluding steroid dienone is 1. The molecule has 2 N–H and O–H groups in total. The van der Waals surface area contributed by atoms with Crippen LogP contribution in [0.15, 0.2) is 129 Å². The first-order valence-electron chi connectivity index (χ1n) is 15.3. The van der Waals surface area contributed by atoms with Gasteiger partial charge in [0.1, 0.15) is 31.6 Å². The second-order valence-electron chi connectivity index (χ2n) is 10.8. The third-order valence-electron chi connectivity index (χ3n) is 7.97. The summed E-state index contributed by atoms with van der Waals surface area (Å²) < 4.78 is 0. The van der Waals surface area contributed by atoms with Crippen LogP contribution in [-0.2, 0) is 0 Å². The van der Waals surface area contributed by atoms with Crippen molar-refractivity contribution in [3.63, 3.8) is 0 Å². The van der Waals surface area contributed by atoms with Crippen molar-refractivity contribution in [1.82, 2.24) is 49.8 Å². The molecule has 0 saturated carbocycles. The van der Waals surface area contributed by atoms with Crippen molar-refractivity contribution in [2.24, 2.45) is 10.7 Å². The van der Waals surface area contributed by atoms with Gasteiger partial charge in [-0.1, -0.05) is 6.92 Å². The molecule has 0 bridgehead atoms. The van der Waals surface area contributed by atoms with E-state index in [9.17, 15) is 0 Å². The molecule has 12 nitrogen and oxygen atoms in total. The molecular formula is C37H28N12. The molecule has 0 fully saturated rings. The smallest absolute Gasteiger partial charge is 0.115 e. The van der Waals surface area contributed by atoms with Gasteiger partial charge in [0.25, 0.3) is 0 Å². The third kappa shape index (κ3) is 6.38. The maximum absolute atomic E-state index is 5.70. The van der Waals surface area contributed by atoms with Crippen molar-refractivity contribution >= 4 is 11.9 Å². The molecule has 0 radical (unpaired) electrons. The predicted molar refractivity (Wildman–Crippen MR) is 188 cm³/mol. The Labute approximate surface area is 281 Å². The molecule has 5 aromatic heterocycles. The van der Waals surface area contributed by atoms with Gasteiger partial charge in [-0.15, -0.1) is 0 Å². The number of hydrogen-bond donors (Lipinski definition) is 1. The molecule has 5 heterocycles. The Hall–Kier alpha value is -6.95. The number of nitrogens with zero attached hydrogens (tertiary/aromatic N) is 11. The molecule has 0 spiro atoms. The van der Waals surface area contributed by atoms with Gasteiger partial charge in [-0.05, 0) is 69.6 Å². The van der Waals surface area contributed by atoms with E-state index in [1.165, 1.54) is 38.0 Å². The van der Waals surface area contributed by atoms with Crippen molar-refractivity contribution in [2.75, 3.05) is 0 Å². The van der Waals surface area contributed by atoms with Crippen molar-refractivity contribution in [3.05, 3.63) is 130 Å². The van der Waals surface area contributed by atoms with Crippen LogP contribution in [0.5, 0.6) is 0 Å². The highest BCUT2D eigenvalue weighted by Crippen LogP contribution is 2.45. The molecule has 49 heavy (non-hydrogen) atoms. The lowest BCUT2D eigenvalue weighted by molar-refractivity contribution is 1.16. The monoisotopic (exact) mass is 640 g/mol. The second-order valence-corrected chi connectivity index (χ2v) is 10.8. The van der Waals surface area contributed by atoms with Gasteiger partial charge in [-0.2, -0.15) is 0 Å².